The summed E-state index contributed by atoms with van der Waals surface area (Å²) in [7, 11) is 0. The van der Waals surface area contributed by atoms with Crippen molar-refractivity contribution in [3.8, 4) is 11.5 Å². The number of rotatable bonds is 8. The van der Waals surface area contributed by atoms with Crippen molar-refractivity contribution in [2.45, 2.75) is 13.2 Å². The van der Waals surface area contributed by atoms with E-state index in [-0.39, 0.29) is 5.84 Å². The van der Waals surface area contributed by atoms with Crippen LogP contribution in [0.2, 0.25) is 0 Å². The van der Waals surface area contributed by atoms with E-state index in [0.717, 1.165) is 28.2 Å². The summed E-state index contributed by atoms with van der Waals surface area (Å²) in [5, 5.41) is 14.6. The van der Waals surface area contributed by atoms with Gasteiger partial charge in [0.05, 0.1) is 0 Å². The average Bonchev–Trinajstić information content (AvgIpc) is 2.72. The SMILES string of the molecule is N=Cc1ccc(OCc2cccc(COc3ccc(C(=N)N)cc3)c2)cc1. The first-order valence-electron chi connectivity index (χ1n) is 8.52. The van der Waals surface area contributed by atoms with Crippen molar-refractivity contribution in [1.29, 1.82) is 10.8 Å². The summed E-state index contributed by atoms with van der Waals surface area (Å²) in [4.78, 5) is 0. The highest BCUT2D eigenvalue weighted by Crippen LogP contribution is 2.17. The van der Waals surface area contributed by atoms with Gasteiger partial charge in [-0.05, 0) is 71.3 Å². The van der Waals surface area contributed by atoms with E-state index in [9.17, 15) is 0 Å². The predicted octanol–water partition coefficient (Wildman–Crippen LogP) is 4.13. The number of nitrogens with two attached hydrogens (primary N) is 1. The molecule has 0 saturated heterocycles. The molecule has 0 fully saturated rings. The second-order valence-corrected chi connectivity index (χ2v) is 6.05. The van der Waals surface area contributed by atoms with Crippen molar-refractivity contribution in [1.82, 2.24) is 0 Å². The van der Waals surface area contributed by atoms with Crippen molar-refractivity contribution in [2.24, 2.45) is 5.73 Å². The molecule has 0 aliphatic carbocycles. The van der Waals surface area contributed by atoms with Gasteiger partial charge in [-0.15, -0.1) is 0 Å². The van der Waals surface area contributed by atoms with Gasteiger partial charge in [0.2, 0.25) is 0 Å². The summed E-state index contributed by atoms with van der Waals surface area (Å²) in [6.45, 7) is 0.909. The Bertz CT molecular complexity index is 919. The van der Waals surface area contributed by atoms with E-state index in [0.29, 0.717) is 18.8 Å². The van der Waals surface area contributed by atoms with E-state index >= 15 is 0 Å². The molecule has 0 aliphatic rings. The normalized spacial score (nSPS) is 10.2. The standard InChI is InChI=1S/C22H21N3O2/c23-13-16-4-8-20(9-5-16)26-14-17-2-1-3-18(12-17)15-27-21-10-6-19(7-11-21)22(24)25/h1-13,23H,14-15H2,(H3,24,25). The smallest absolute Gasteiger partial charge is 0.122 e. The zero-order chi connectivity index (χ0) is 19.1. The lowest BCUT2D eigenvalue weighted by molar-refractivity contribution is 0.300. The van der Waals surface area contributed by atoms with Crippen LogP contribution in [0.25, 0.3) is 0 Å². The molecular formula is C22H21N3O2. The first kappa shape index (κ1) is 18.2. The van der Waals surface area contributed by atoms with E-state index in [1.54, 1.807) is 12.1 Å². The fourth-order valence-corrected chi connectivity index (χ4v) is 2.53. The van der Waals surface area contributed by atoms with Crippen LogP contribution in [0, 0.1) is 10.8 Å². The van der Waals surface area contributed by atoms with Crippen LogP contribution in [-0.4, -0.2) is 12.1 Å². The molecule has 0 aromatic heterocycles. The van der Waals surface area contributed by atoms with Gasteiger partial charge in [-0.2, -0.15) is 0 Å². The molecule has 0 heterocycles. The van der Waals surface area contributed by atoms with Crippen LogP contribution >= 0.6 is 0 Å². The first-order chi connectivity index (χ1) is 13.1. The van der Waals surface area contributed by atoms with Crippen molar-refractivity contribution in [3.05, 3.63) is 95.1 Å². The van der Waals surface area contributed by atoms with Crippen molar-refractivity contribution < 1.29 is 9.47 Å². The van der Waals surface area contributed by atoms with Crippen LogP contribution in [0.5, 0.6) is 11.5 Å². The molecule has 3 rings (SSSR count). The van der Waals surface area contributed by atoms with Crippen molar-refractivity contribution in [3.63, 3.8) is 0 Å². The minimum absolute atomic E-state index is 0.0433. The summed E-state index contributed by atoms with van der Waals surface area (Å²) >= 11 is 0. The molecule has 0 atom stereocenters. The van der Waals surface area contributed by atoms with Gasteiger partial charge in [-0.1, -0.05) is 18.2 Å². The van der Waals surface area contributed by atoms with Gasteiger partial charge in [0, 0.05) is 11.8 Å². The quantitative estimate of drug-likeness (QED) is 0.417. The highest BCUT2D eigenvalue weighted by Gasteiger charge is 2.01. The van der Waals surface area contributed by atoms with Crippen molar-refractivity contribution in [2.75, 3.05) is 0 Å². The van der Waals surface area contributed by atoms with Crippen LogP contribution < -0.4 is 15.2 Å². The molecule has 0 bridgehead atoms. The largest absolute Gasteiger partial charge is 0.489 e. The third-order valence-electron chi connectivity index (χ3n) is 4.01. The van der Waals surface area contributed by atoms with Gasteiger partial charge in [0.15, 0.2) is 0 Å². The van der Waals surface area contributed by atoms with Crippen LogP contribution in [0.1, 0.15) is 22.3 Å². The van der Waals surface area contributed by atoms with Crippen LogP contribution in [-0.2, 0) is 13.2 Å². The summed E-state index contributed by atoms with van der Waals surface area (Å²) in [5.74, 6) is 1.54. The maximum absolute atomic E-state index is 7.40. The molecule has 3 aromatic rings. The van der Waals surface area contributed by atoms with Crippen LogP contribution in [0.3, 0.4) is 0 Å². The van der Waals surface area contributed by atoms with Gasteiger partial charge >= 0.3 is 0 Å². The minimum Gasteiger partial charge on any atom is -0.489 e. The van der Waals surface area contributed by atoms with E-state index in [1.165, 1.54) is 6.21 Å². The van der Waals surface area contributed by atoms with Gasteiger partial charge in [-0.25, -0.2) is 0 Å². The Morgan fingerprint density at radius 1 is 0.815 bits per heavy atom. The van der Waals surface area contributed by atoms with Gasteiger partial charge in [-0.3, -0.25) is 5.41 Å². The third kappa shape index (κ3) is 5.19. The Morgan fingerprint density at radius 2 is 1.33 bits per heavy atom. The Morgan fingerprint density at radius 3 is 1.81 bits per heavy atom. The van der Waals surface area contributed by atoms with Crippen LogP contribution in [0.15, 0.2) is 72.8 Å². The third-order valence-corrected chi connectivity index (χ3v) is 4.01. The molecule has 0 amide bonds. The summed E-state index contributed by atoms with van der Waals surface area (Å²) in [6, 6.07) is 22.6. The molecule has 0 radical (unpaired) electrons. The summed E-state index contributed by atoms with van der Waals surface area (Å²) in [5.41, 5.74) is 9.07. The number of benzene rings is 3. The Balaban J connectivity index is 1.56. The van der Waals surface area contributed by atoms with Crippen molar-refractivity contribution >= 4 is 12.1 Å². The fourth-order valence-electron chi connectivity index (χ4n) is 2.53. The molecule has 27 heavy (non-hydrogen) atoms. The molecule has 4 N–H and O–H groups in total. The molecule has 5 nitrogen and oxygen atoms in total. The van der Waals surface area contributed by atoms with E-state index < -0.39 is 0 Å². The molecule has 3 aromatic carbocycles. The zero-order valence-corrected chi connectivity index (χ0v) is 14.8. The number of nitrogens with one attached hydrogen (secondary N) is 2. The van der Waals surface area contributed by atoms with E-state index in [2.05, 4.69) is 6.07 Å². The van der Waals surface area contributed by atoms with E-state index in [1.807, 2.05) is 54.6 Å². The average molecular weight is 359 g/mol. The second-order valence-electron chi connectivity index (χ2n) is 6.05. The molecule has 0 spiro atoms. The molecule has 0 aliphatic heterocycles. The molecule has 0 unspecified atom stereocenters. The molecule has 136 valence electrons. The fraction of sp³-hybridized carbons (Fsp3) is 0.0909. The van der Waals surface area contributed by atoms with Crippen LogP contribution in [0.4, 0.5) is 0 Å². The molecular weight excluding hydrogens is 338 g/mol. The van der Waals surface area contributed by atoms with Gasteiger partial charge in [0.1, 0.15) is 30.5 Å². The first-order valence-corrected chi connectivity index (χ1v) is 8.52. The lowest BCUT2D eigenvalue weighted by atomic mass is 10.1. The summed E-state index contributed by atoms with van der Waals surface area (Å²) in [6.07, 6.45) is 1.31. The maximum Gasteiger partial charge on any atom is 0.122 e. The Labute approximate surface area is 158 Å². The number of nitrogen functional groups attached to an aromatic ring is 1. The highest BCUT2D eigenvalue weighted by atomic mass is 16.5. The van der Waals surface area contributed by atoms with Gasteiger partial charge < -0.3 is 20.6 Å². The monoisotopic (exact) mass is 359 g/mol. The number of ether oxygens (including phenoxy) is 2. The number of amidine groups is 1. The minimum atomic E-state index is 0.0433. The Kier molecular flexibility index (Phi) is 5.84. The number of hydrogen-bond donors (Lipinski definition) is 3. The highest BCUT2D eigenvalue weighted by molar-refractivity contribution is 5.94. The lowest BCUT2D eigenvalue weighted by Gasteiger charge is -2.10. The zero-order valence-electron chi connectivity index (χ0n) is 14.8. The van der Waals surface area contributed by atoms with E-state index in [4.69, 9.17) is 26.0 Å². The van der Waals surface area contributed by atoms with Gasteiger partial charge in [0.25, 0.3) is 0 Å². The lowest BCUT2D eigenvalue weighted by Crippen LogP contribution is -2.10. The second kappa shape index (κ2) is 8.67. The molecule has 5 heteroatoms. The Hall–Kier alpha value is -3.60. The topological polar surface area (TPSA) is 92.2 Å². The summed E-state index contributed by atoms with van der Waals surface area (Å²) < 4.78 is 11.6. The predicted molar refractivity (Wildman–Crippen MR) is 107 cm³/mol. The number of hydrogen-bond acceptors (Lipinski definition) is 4. The maximum atomic E-state index is 7.40. The molecule has 0 saturated carbocycles.